The standard InChI is InChI=1S/C75H78N2O16/c1-46(2)70(82)33-50-9-21-60(22-10-50)86-38-56(78)42-90-64-25-13-52-15-31-72(92-44-58(80)40-87-61-23-11-51(12-24-61)34-71(83)47(3)4)68(66(52)35-64)37-69-67-36-65(91-43-57(79)39-88-62-27-17-54(18-28-62)76-74(84)48(5)6)26-14-53(67)16-32-73(69)93-45-59(81)41-89-63-29-19-55(20-30-63)77-75(85)49(7)8/h9-32,35-36,56-59,78-81H,1,3,5,7,33-34,37-45H2,2,4,6,8H3,(H,76,84)(H,77,85). The Kier molecular flexibility index (Phi) is 24.5. The molecule has 0 aliphatic rings. The Balaban J connectivity index is 1.06. The minimum atomic E-state index is -1.12. The molecular formula is C75H78N2O16. The molecule has 0 aromatic heterocycles. The predicted molar refractivity (Wildman–Crippen MR) is 358 cm³/mol. The van der Waals surface area contributed by atoms with Crippen molar-refractivity contribution >= 4 is 56.3 Å². The lowest BCUT2D eigenvalue weighted by atomic mass is 9.93. The van der Waals surface area contributed by atoms with E-state index in [4.69, 9.17) is 37.9 Å². The molecule has 6 N–H and O–H groups in total. The average Bonchev–Trinajstić information content (AvgIpc) is 0.860. The van der Waals surface area contributed by atoms with Gasteiger partial charge in [-0.2, -0.15) is 0 Å². The molecule has 93 heavy (non-hydrogen) atoms. The Hall–Kier alpha value is -10.2. The van der Waals surface area contributed by atoms with Crippen LogP contribution >= 0.6 is 0 Å². The van der Waals surface area contributed by atoms with Crippen LogP contribution in [0.2, 0.25) is 0 Å². The van der Waals surface area contributed by atoms with Crippen LogP contribution in [0.4, 0.5) is 11.4 Å². The number of anilines is 2. The first kappa shape index (κ1) is 68.7. The SMILES string of the molecule is C=C(C)C(=O)Cc1ccc(OCC(O)COc2ccc3ccc(OCC(O)COc4ccc(CC(=O)C(=C)C)cc4)c(Cc4c(OCC(O)COc5ccc(NC(=O)C(=C)C)cc5)ccc5ccc(OCC(O)COc6ccc(NC(=O)C(=C)C)cc6)cc45)c3c2)cc1. The van der Waals surface area contributed by atoms with E-state index >= 15 is 0 Å². The molecule has 8 aromatic rings. The second-order valence-electron chi connectivity index (χ2n) is 22.7. The van der Waals surface area contributed by atoms with Crippen molar-refractivity contribution in [3.63, 3.8) is 0 Å². The molecule has 0 fully saturated rings. The van der Waals surface area contributed by atoms with Crippen molar-refractivity contribution in [2.24, 2.45) is 0 Å². The van der Waals surface area contributed by atoms with Crippen molar-refractivity contribution in [1.82, 2.24) is 0 Å². The molecule has 0 radical (unpaired) electrons. The normalized spacial score (nSPS) is 12.3. The minimum absolute atomic E-state index is 0.0577. The maximum atomic E-state index is 12.3. The van der Waals surface area contributed by atoms with Crippen molar-refractivity contribution in [2.75, 3.05) is 63.5 Å². The van der Waals surface area contributed by atoms with Gasteiger partial charge in [-0.25, -0.2) is 0 Å². The number of amides is 2. The third-order valence-corrected chi connectivity index (χ3v) is 14.5. The van der Waals surface area contributed by atoms with Crippen LogP contribution in [0.5, 0.6) is 46.0 Å². The van der Waals surface area contributed by atoms with E-state index < -0.39 is 24.4 Å². The van der Waals surface area contributed by atoms with Crippen molar-refractivity contribution < 1.29 is 77.5 Å². The number of ether oxygens (including phenoxy) is 8. The Morgan fingerprint density at radius 2 is 0.624 bits per heavy atom. The number of hydrogen-bond donors (Lipinski definition) is 6. The minimum Gasteiger partial charge on any atom is -0.491 e. The van der Waals surface area contributed by atoms with E-state index in [1.54, 1.807) is 143 Å². The van der Waals surface area contributed by atoms with E-state index in [1.807, 2.05) is 42.5 Å². The number of aliphatic hydroxyl groups is 4. The summed E-state index contributed by atoms with van der Waals surface area (Å²) in [5, 5.41) is 53.5. The van der Waals surface area contributed by atoms with Crippen LogP contribution in [0, 0.1) is 0 Å². The number of hydrogen-bond acceptors (Lipinski definition) is 16. The van der Waals surface area contributed by atoms with Crippen molar-refractivity contribution in [1.29, 1.82) is 0 Å². The van der Waals surface area contributed by atoms with Gasteiger partial charge in [-0.05, 0) is 181 Å². The van der Waals surface area contributed by atoms with Crippen molar-refractivity contribution in [3.8, 4) is 46.0 Å². The summed E-state index contributed by atoms with van der Waals surface area (Å²) in [4.78, 5) is 48.8. The summed E-state index contributed by atoms with van der Waals surface area (Å²) >= 11 is 0. The van der Waals surface area contributed by atoms with E-state index in [9.17, 15) is 39.6 Å². The third-order valence-electron chi connectivity index (χ3n) is 14.5. The van der Waals surface area contributed by atoms with Gasteiger partial charge in [0.05, 0.1) is 0 Å². The number of aliphatic hydroxyl groups excluding tert-OH is 4. The van der Waals surface area contributed by atoms with Gasteiger partial charge in [0.25, 0.3) is 11.8 Å². The molecule has 0 spiro atoms. The van der Waals surface area contributed by atoms with Crippen molar-refractivity contribution in [3.05, 3.63) is 229 Å². The fraction of sp³-hybridized carbons (Fsp3) is 0.253. The molecule has 0 saturated heterocycles. The molecule has 0 bridgehead atoms. The van der Waals surface area contributed by atoms with Crippen LogP contribution in [-0.4, -0.2) is 121 Å². The largest absolute Gasteiger partial charge is 0.491 e. The topological polar surface area (TPSA) is 247 Å². The summed E-state index contributed by atoms with van der Waals surface area (Å²) in [5.74, 6) is 2.78. The molecule has 8 rings (SSSR count). The lowest BCUT2D eigenvalue weighted by Gasteiger charge is -2.21. The summed E-state index contributed by atoms with van der Waals surface area (Å²) in [5.41, 5.74) is 5.67. The highest BCUT2D eigenvalue weighted by molar-refractivity contribution is 6.03. The number of carbonyl (C=O) groups is 4. The van der Waals surface area contributed by atoms with Gasteiger partial charge in [0.15, 0.2) is 11.6 Å². The Morgan fingerprint density at radius 1 is 0.355 bits per heavy atom. The number of ketones is 2. The Bertz CT molecular complexity index is 3690. The highest BCUT2D eigenvalue weighted by atomic mass is 16.5. The molecular weight excluding hydrogens is 1180 g/mol. The van der Waals surface area contributed by atoms with Gasteiger partial charge in [-0.1, -0.05) is 74.8 Å². The van der Waals surface area contributed by atoms with Gasteiger partial charge in [0.1, 0.15) is 123 Å². The summed E-state index contributed by atoms with van der Waals surface area (Å²) in [6.07, 6.45) is -3.78. The smallest absolute Gasteiger partial charge is 0.250 e. The van der Waals surface area contributed by atoms with Gasteiger partial charge in [-0.3, -0.25) is 19.2 Å². The predicted octanol–water partition coefficient (Wildman–Crippen LogP) is 11.3. The summed E-state index contributed by atoms with van der Waals surface area (Å²) in [7, 11) is 0. The number of allylic oxidation sites excluding steroid dienone is 2. The first-order chi connectivity index (χ1) is 44.6. The third kappa shape index (κ3) is 20.9. The maximum absolute atomic E-state index is 12.3. The van der Waals surface area contributed by atoms with Gasteiger partial charge < -0.3 is 69.0 Å². The first-order valence-electron chi connectivity index (χ1n) is 30.2. The van der Waals surface area contributed by atoms with E-state index in [0.29, 0.717) is 102 Å². The molecule has 0 heterocycles. The van der Waals surface area contributed by atoms with Crippen LogP contribution in [-0.2, 0) is 38.4 Å². The second kappa shape index (κ2) is 33.2. The van der Waals surface area contributed by atoms with Crippen molar-refractivity contribution in [2.45, 2.75) is 71.4 Å². The number of fused-ring (bicyclic) bond motifs is 2. The molecule has 4 unspecified atom stereocenters. The molecule has 18 heteroatoms. The van der Waals surface area contributed by atoms with Gasteiger partial charge in [-0.15, -0.1) is 0 Å². The molecule has 0 saturated carbocycles. The molecule has 484 valence electrons. The van der Waals surface area contributed by atoms with E-state index in [1.165, 1.54) is 0 Å². The number of benzene rings is 8. The molecule has 18 nitrogen and oxygen atoms in total. The lowest BCUT2D eigenvalue weighted by Crippen LogP contribution is -2.25. The van der Waals surface area contributed by atoms with E-state index in [-0.39, 0.29) is 95.5 Å². The molecule has 0 aliphatic carbocycles. The highest BCUT2D eigenvalue weighted by Crippen LogP contribution is 2.39. The van der Waals surface area contributed by atoms with E-state index in [0.717, 1.165) is 21.9 Å². The van der Waals surface area contributed by atoms with Gasteiger partial charge in [0, 0.05) is 52.9 Å². The fourth-order valence-corrected chi connectivity index (χ4v) is 9.22. The Labute approximate surface area is 540 Å². The summed E-state index contributed by atoms with van der Waals surface area (Å²) in [6, 6.07) is 45.8. The zero-order valence-electron chi connectivity index (χ0n) is 52.6. The van der Waals surface area contributed by atoms with Crippen LogP contribution < -0.4 is 48.5 Å². The zero-order valence-corrected chi connectivity index (χ0v) is 52.6. The molecule has 2 amide bonds. The van der Waals surface area contributed by atoms with Gasteiger partial charge >= 0.3 is 0 Å². The quantitative estimate of drug-likeness (QED) is 0.0200. The fourth-order valence-electron chi connectivity index (χ4n) is 9.22. The molecule has 8 aromatic carbocycles. The Morgan fingerprint density at radius 3 is 0.925 bits per heavy atom. The monoisotopic (exact) mass is 1260 g/mol. The van der Waals surface area contributed by atoms with E-state index in [2.05, 4.69) is 36.9 Å². The number of Topliss-reactive ketones (excluding diaryl/α,β-unsaturated/α-hetero) is 2. The number of rotatable bonds is 36. The molecule has 4 atom stereocenters. The maximum Gasteiger partial charge on any atom is 0.250 e. The molecule has 0 aliphatic heterocycles. The number of nitrogens with one attached hydrogen (secondary N) is 2. The van der Waals surface area contributed by atoms with Gasteiger partial charge in [0.2, 0.25) is 0 Å². The highest BCUT2D eigenvalue weighted by Gasteiger charge is 2.21. The van der Waals surface area contributed by atoms with Crippen LogP contribution in [0.25, 0.3) is 21.5 Å². The lowest BCUT2D eigenvalue weighted by molar-refractivity contribution is -0.115. The summed E-state index contributed by atoms with van der Waals surface area (Å²) in [6.45, 7) is 20.2. The summed E-state index contributed by atoms with van der Waals surface area (Å²) < 4.78 is 49.2. The first-order valence-corrected chi connectivity index (χ1v) is 30.2. The van der Waals surface area contributed by atoms with Crippen LogP contribution in [0.3, 0.4) is 0 Å². The van der Waals surface area contributed by atoms with Crippen LogP contribution in [0.1, 0.15) is 49.9 Å². The number of carbonyl (C=O) groups excluding carboxylic acids is 4. The van der Waals surface area contributed by atoms with Crippen LogP contribution in [0.15, 0.2) is 206 Å². The zero-order chi connectivity index (χ0) is 66.6. The average molecular weight is 1260 g/mol. The second-order valence-corrected chi connectivity index (χ2v) is 22.7.